The van der Waals surface area contributed by atoms with E-state index in [0.717, 1.165) is 6.42 Å². The molecule has 5 N–H and O–H groups in total. The van der Waals surface area contributed by atoms with Crippen molar-refractivity contribution in [3.8, 4) is 0 Å². The van der Waals surface area contributed by atoms with Crippen LogP contribution in [0.1, 0.15) is 19.8 Å². The zero-order valence-electron chi connectivity index (χ0n) is 11.1. The summed E-state index contributed by atoms with van der Waals surface area (Å²) in [6, 6.07) is 3.67. The molecule has 8 heteroatoms. The summed E-state index contributed by atoms with van der Waals surface area (Å²) in [6.45, 7) is 1.83. The lowest BCUT2D eigenvalue weighted by molar-refractivity contribution is -0.173. The molecule has 0 aromatic carbocycles. The van der Waals surface area contributed by atoms with E-state index < -0.39 is 23.4 Å². The summed E-state index contributed by atoms with van der Waals surface area (Å²) in [6.07, 6.45) is 4.54. The Morgan fingerprint density at radius 1 is 1.20 bits per heavy atom. The average molecular weight is 286 g/mol. The highest BCUT2D eigenvalue weighted by atomic mass is 16.6. The van der Waals surface area contributed by atoms with Crippen LogP contribution in [0, 0.1) is 0 Å². The van der Waals surface area contributed by atoms with Crippen molar-refractivity contribution in [3.05, 3.63) is 24.7 Å². The van der Waals surface area contributed by atoms with Gasteiger partial charge in [-0.25, -0.2) is 4.79 Å². The Bertz CT molecular complexity index is 398. The van der Waals surface area contributed by atoms with Crippen molar-refractivity contribution >= 4 is 17.8 Å². The number of amides is 2. The highest BCUT2D eigenvalue weighted by molar-refractivity contribution is 6.23. The Morgan fingerprint density at radius 3 is 2.00 bits per heavy atom. The minimum atomic E-state index is -3.08. The second-order valence-electron chi connectivity index (χ2n) is 3.72. The van der Waals surface area contributed by atoms with E-state index in [1.165, 1.54) is 0 Å². The van der Waals surface area contributed by atoms with Crippen LogP contribution in [-0.4, -0.2) is 35.1 Å². The second kappa shape index (κ2) is 8.70. The number of hydrogen-bond donors (Lipinski definition) is 3. The lowest BCUT2D eigenvalue weighted by Gasteiger charge is -2.18. The first-order valence-corrected chi connectivity index (χ1v) is 5.83. The topological polar surface area (TPSA) is 146 Å². The quantitative estimate of drug-likeness (QED) is 0.358. The Balaban J connectivity index is 0.000000595. The molecule has 0 saturated heterocycles. The number of ether oxygens (including phenoxy) is 1. The van der Waals surface area contributed by atoms with Crippen LogP contribution in [-0.2, 0) is 19.1 Å². The Morgan fingerprint density at radius 2 is 1.70 bits per heavy atom. The van der Waals surface area contributed by atoms with Crippen molar-refractivity contribution < 1.29 is 28.6 Å². The number of furan rings is 1. The first-order valence-electron chi connectivity index (χ1n) is 5.83. The molecule has 1 aromatic rings. The number of carbonyl (C=O) groups is 3. The minimum Gasteiger partial charge on any atom is -0.473 e. The van der Waals surface area contributed by atoms with Gasteiger partial charge < -0.3 is 25.7 Å². The standard InChI is InChI=1S/C8H14N2O5.C4H4O/c1-2-3-4-15-7(13)8(14,5(9)11)6(10)12;1-2-4-5-3-1/h14H,2-4H2,1H3,(H2,9,11)(H2,10,12);1-4H. The molecule has 0 saturated carbocycles. The maximum absolute atomic E-state index is 11.1. The first-order chi connectivity index (χ1) is 9.37. The Kier molecular flexibility index (Phi) is 7.68. The maximum atomic E-state index is 11.1. The van der Waals surface area contributed by atoms with Gasteiger partial charge in [0.05, 0.1) is 19.1 Å². The SMILES string of the molecule is CCCCOC(=O)C(O)(C(N)=O)C(N)=O.c1ccoc1. The van der Waals surface area contributed by atoms with Gasteiger partial charge in [-0.1, -0.05) is 13.3 Å². The van der Waals surface area contributed by atoms with Gasteiger partial charge in [0.2, 0.25) is 0 Å². The molecule has 0 fully saturated rings. The fraction of sp³-hybridized carbons (Fsp3) is 0.417. The highest BCUT2D eigenvalue weighted by Gasteiger charge is 2.50. The lowest BCUT2D eigenvalue weighted by atomic mass is 10.0. The number of nitrogens with two attached hydrogens (primary N) is 2. The highest BCUT2D eigenvalue weighted by Crippen LogP contribution is 2.06. The summed E-state index contributed by atoms with van der Waals surface area (Å²) in [5, 5.41) is 9.31. The lowest BCUT2D eigenvalue weighted by Crippen LogP contribution is -2.60. The number of unbranched alkanes of at least 4 members (excludes halogenated alkanes) is 1. The van der Waals surface area contributed by atoms with E-state index in [2.05, 4.69) is 20.6 Å². The van der Waals surface area contributed by atoms with Gasteiger partial charge in [0.25, 0.3) is 11.8 Å². The van der Waals surface area contributed by atoms with E-state index in [0.29, 0.717) is 6.42 Å². The summed E-state index contributed by atoms with van der Waals surface area (Å²) in [4.78, 5) is 32.6. The van der Waals surface area contributed by atoms with E-state index in [-0.39, 0.29) is 6.61 Å². The van der Waals surface area contributed by atoms with Crippen molar-refractivity contribution in [2.45, 2.75) is 25.4 Å². The smallest absolute Gasteiger partial charge is 0.358 e. The van der Waals surface area contributed by atoms with E-state index in [1.807, 2.05) is 19.1 Å². The Labute approximate surface area is 115 Å². The third-order valence-corrected chi connectivity index (χ3v) is 2.17. The molecule has 0 unspecified atom stereocenters. The van der Waals surface area contributed by atoms with Gasteiger partial charge in [-0.3, -0.25) is 9.59 Å². The molecule has 1 heterocycles. The number of rotatable bonds is 6. The monoisotopic (exact) mass is 286 g/mol. The molecule has 0 aliphatic heterocycles. The fourth-order valence-electron chi connectivity index (χ4n) is 0.963. The van der Waals surface area contributed by atoms with E-state index in [1.54, 1.807) is 12.5 Å². The van der Waals surface area contributed by atoms with Crippen LogP contribution in [0.2, 0.25) is 0 Å². The minimum absolute atomic E-state index is 0.0157. The van der Waals surface area contributed by atoms with Crippen LogP contribution in [0.3, 0.4) is 0 Å². The molecule has 0 radical (unpaired) electrons. The molecular formula is C12H18N2O6. The predicted octanol–water partition coefficient (Wildman–Crippen LogP) is -0.689. The van der Waals surface area contributed by atoms with Crippen LogP contribution < -0.4 is 11.5 Å². The third kappa shape index (κ3) is 5.11. The van der Waals surface area contributed by atoms with Gasteiger partial charge >= 0.3 is 11.6 Å². The fourth-order valence-corrected chi connectivity index (χ4v) is 0.963. The summed E-state index contributed by atoms with van der Waals surface area (Å²) < 4.78 is 9.06. The number of carbonyl (C=O) groups excluding carboxylic acids is 3. The summed E-state index contributed by atoms with van der Waals surface area (Å²) in [5.74, 6) is -4.52. The predicted molar refractivity (Wildman–Crippen MR) is 67.9 cm³/mol. The molecule has 1 rings (SSSR count). The molecule has 8 nitrogen and oxygen atoms in total. The summed E-state index contributed by atoms with van der Waals surface area (Å²) in [7, 11) is 0. The van der Waals surface area contributed by atoms with Gasteiger partial charge in [0, 0.05) is 0 Å². The molecule has 112 valence electrons. The summed E-state index contributed by atoms with van der Waals surface area (Å²) >= 11 is 0. The van der Waals surface area contributed by atoms with Crippen molar-refractivity contribution in [3.63, 3.8) is 0 Å². The van der Waals surface area contributed by atoms with Crippen LogP contribution in [0.25, 0.3) is 0 Å². The van der Waals surface area contributed by atoms with E-state index in [9.17, 15) is 19.5 Å². The van der Waals surface area contributed by atoms with Crippen LogP contribution >= 0.6 is 0 Å². The zero-order valence-corrected chi connectivity index (χ0v) is 11.1. The van der Waals surface area contributed by atoms with Crippen molar-refractivity contribution in [1.29, 1.82) is 0 Å². The molecule has 1 aromatic heterocycles. The first kappa shape index (κ1) is 17.6. The van der Waals surface area contributed by atoms with Crippen LogP contribution in [0.4, 0.5) is 0 Å². The maximum Gasteiger partial charge on any atom is 0.358 e. The second-order valence-corrected chi connectivity index (χ2v) is 3.72. The Hall–Kier alpha value is -2.35. The number of hydrogen-bond acceptors (Lipinski definition) is 6. The van der Waals surface area contributed by atoms with Crippen LogP contribution in [0.15, 0.2) is 29.1 Å². The molecule has 20 heavy (non-hydrogen) atoms. The molecule has 2 amide bonds. The average Bonchev–Trinajstić information content (AvgIpc) is 2.96. The summed E-state index contributed by atoms with van der Waals surface area (Å²) in [5.41, 5.74) is 6.30. The van der Waals surface area contributed by atoms with Gasteiger partial charge in [-0.05, 0) is 18.6 Å². The van der Waals surface area contributed by atoms with Gasteiger partial charge in [0.15, 0.2) is 0 Å². The van der Waals surface area contributed by atoms with Crippen LogP contribution in [0.5, 0.6) is 0 Å². The van der Waals surface area contributed by atoms with Gasteiger partial charge in [-0.2, -0.15) is 0 Å². The molecule has 0 spiro atoms. The van der Waals surface area contributed by atoms with E-state index >= 15 is 0 Å². The largest absolute Gasteiger partial charge is 0.473 e. The number of aliphatic hydroxyl groups is 1. The van der Waals surface area contributed by atoms with E-state index in [4.69, 9.17) is 0 Å². The molecular weight excluding hydrogens is 268 g/mol. The van der Waals surface area contributed by atoms with Gasteiger partial charge in [-0.15, -0.1) is 0 Å². The number of esters is 1. The molecule has 0 bridgehead atoms. The molecule has 0 aliphatic carbocycles. The molecule has 0 aliphatic rings. The zero-order chi connectivity index (χ0) is 15.6. The normalized spacial score (nSPS) is 10.1. The molecule has 0 atom stereocenters. The van der Waals surface area contributed by atoms with Crippen molar-refractivity contribution in [1.82, 2.24) is 0 Å². The van der Waals surface area contributed by atoms with Crippen molar-refractivity contribution in [2.24, 2.45) is 11.5 Å². The number of primary amides is 2. The third-order valence-electron chi connectivity index (χ3n) is 2.17. The van der Waals surface area contributed by atoms with Gasteiger partial charge in [0.1, 0.15) is 0 Å². The van der Waals surface area contributed by atoms with Crippen molar-refractivity contribution in [2.75, 3.05) is 6.61 Å².